The number of rotatable bonds is 7. The summed E-state index contributed by atoms with van der Waals surface area (Å²) in [5.41, 5.74) is 0.806. The second-order valence-electron chi connectivity index (χ2n) is 5.05. The first-order chi connectivity index (χ1) is 9.45. The maximum absolute atomic E-state index is 11.8. The van der Waals surface area contributed by atoms with Crippen molar-refractivity contribution in [3.63, 3.8) is 0 Å². The summed E-state index contributed by atoms with van der Waals surface area (Å²) >= 11 is 0. The van der Waals surface area contributed by atoms with Gasteiger partial charge in [-0.3, -0.25) is 9.78 Å². The van der Waals surface area contributed by atoms with E-state index in [4.69, 9.17) is 0 Å². The van der Waals surface area contributed by atoms with Crippen LogP contribution in [0.4, 0.5) is 0 Å². The highest BCUT2D eigenvalue weighted by Gasteiger charge is 2.24. The summed E-state index contributed by atoms with van der Waals surface area (Å²) in [5, 5.41) is 2.85. The lowest BCUT2D eigenvalue weighted by Gasteiger charge is -2.19. The summed E-state index contributed by atoms with van der Waals surface area (Å²) in [6, 6.07) is 3.87. The predicted octanol–water partition coefficient (Wildman–Crippen LogP) is 0.512. The molecule has 0 atom stereocenters. The lowest BCUT2D eigenvalue weighted by Crippen LogP contribution is -2.34. The van der Waals surface area contributed by atoms with Crippen LogP contribution in [0, 0.1) is 0 Å². The van der Waals surface area contributed by atoms with Crippen LogP contribution >= 0.6 is 0 Å². The Hall–Kier alpha value is -1.47. The summed E-state index contributed by atoms with van der Waals surface area (Å²) < 4.78 is 24.8. The number of hydrogen-bond donors (Lipinski definition) is 1. The van der Waals surface area contributed by atoms with Crippen LogP contribution in [0.1, 0.15) is 24.8 Å². The number of sulfonamides is 1. The highest BCUT2D eigenvalue weighted by molar-refractivity contribution is 7.88. The molecule has 1 aromatic heterocycles. The molecule has 0 unspecified atom stereocenters. The highest BCUT2D eigenvalue weighted by Crippen LogP contribution is 2.18. The number of nitrogens with zero attached hydrogens (tertiary/aromatic N) is 2. The van der Waals surface area contributed by atoms with Crippen molar-refractivity contribution in [2.24, 2.45) is 0 Å². The van der Waals surface area contributed by atoms with Crippen molar-refractivity contribution in [2.45, 2.75) is 31.8 Å². The summed E-state index contributed by atoms with van der Waals surface area (Å²) in [6.45, 7) is 0.426. The molecule has 110 valence electrons. The number of nitrogens with one attached hydrogen (secondary N) is 1. The van der Waals surface area contributed by atoms with E-state index in [-0.39, 0.29) is 25.4 Å². The third-order valence-corrected chi connectivity index (χ3v) is 4.33. The van der Waals surface area contributed by atoms with Crippen LogP contribution in [0.2, 0.25) is 0 Å². The monoisotopic (exact) mass is 297 g/mol. The Morgan fingerprint density at radius 3 is 2.80 bits per heavy atom. The van der Waals surface area contributed by atoms with Gasteiger partial charge in [0.15, 0.2) is 0 Å². The van der Waals surface area contributed by atoms with Gasteiger partial charge in [0.25, 0.3) is 0 Å². The van der Waals surface area contributed by atoms with Crippen LogP contribution in [0.5, 0.6) is 0 Å². The fourth-order valence-corrected chi connectivity index (χ4v) is 2.62. The van der Waals surface area contributed by atoms with Gasteiger partial charge in [0.2, 0.25) is 15.9 Å². The zero-order chi connectivity index (χ0) is 14.6. The average Bonchev–Trinajstić information content (AvgIpc) is 3.18. The third-order valence-electron chi connectivity index (χ3n) is 3.08. The molecule has 0 aromatic carbocycles. The van der Waals surface area contributed by atoms with Gasteiger partial charge in [-0.1, -0.05) is 6.07 Å². The van der Waals surface area contributed by atoms with E-state index in [1.165, 1.54) is 4.31 Å². The third kappa shape index (κ3) is 4.90. The van der Waals surface area contributed by atoms with Crippen LogP contribution in [-0.2, 0) is 21.4 Å². The van der Waals surface area contributed by atoms with Crippen molar-refractivity contribution in [1.29, 1.82) is 0 Å². The van der Waals surface area contributed by atoms with Crippen molar-refractivity contribution in [1.82, 2.24) is 14.6 Å². The molecule has 0 spiro atoms. The molecular formula is C13H19N3O3S. The van der Waals surface area contributed by atoms with E-state index in [0.29, 0.717) is 6.04 Å². The molecule has 0 saturated heterocycles. The van der Waals surface area contributed by atoms with Crippen molar-refractivity contribution < 1.29 is 13.2 Å². The van der Waals surface area contributed by atoms with E-state index in [9.17, 15) is 13.2 Å². The predicted molar refractivity (Wildman–Crippen MR) is 75.3 cm³/mol. The molecule has 0 bridgehead atoms. The number of hydrogen-bond acceptors (Lipinski definition) is 4. The molecule has 1 heterocycles. The molecule has 1 saturated carbocycles. The second kappa shape index (κ2) is 6.32. The Labute approximate surface area is 119 Å². The number of aromatic nitrogens is 1. The Balaban J connectivity index is 1.92. The van der Waals surface area contributed by atoms with Crippen molar-refractivity contribution in [3.8, 4) is 0 Å². The zero-order valence-electron chi connectivity index (χ0n) is 11.4. The molecule has 1 fully saturated rings. The standard InChI is InChI=1S/C13H19N3O3S/c1-20(18,19)16(10-11-3-2-7-14-9-11)8-6-13(17)15-12-4-5-12/h2-3,7,9,12H,4-6,8,10H2,1H3,(H,15,17). The van der Waals surface area contributed by atoms with Gasteiger partial charge in [0, 0.05) is 37.9 Å². The second-order valence-corrected chi connectivity index (χ2v) is 7.03. The van der Waals surface area contributed by atoms with E-state index < -0.39 is 10.0 Å². The maximum atomic E-state index is 11.8. The average molecular weight is 297 g/mol. The first-order valence-electron chi connectivity index (χ1n) is 6.58. The Morgan fingerprint density at radius 2 is 2.25 bits per heavy atom. The van der Waals surface area contributed by atoms with Gasteiger partial charge in [-0.25, -0.2) is 8.42 Å². The molecule has 1 aliphatic rings. The largest absolute Gasteiger partial charge is 0.353 e. The maximum Gasteiger partial charge on any atom is 0.221 e. The fraction of sp³-hybridized carbons (Fsp3) is 0.538. The molecule has 0 radical (unpaired) electrons. The molecule has 2 rings (SSSR count). The minimum absolute atomic E-state index is 0.0904. The lowest BCUT2D eigenvalue weighted by atomic mass is 10.3. The summed E-state index contributed by atoms with van der Waals surface area (Å²) in [7, 11) is -3.35. The number of pyridine rings is 1. The SMILES string of the molecule is CS(=O)(=O)N(CCC(=O)NC1CC1)Cc1cccnc1. The molecular weight excluding hydrogens is 278 g/mol. The zero-order valence-corrected chi connectivity index (χ0v) is 12.3. The molecule has 7 heteroatoms. The fourth-order valence-electron chi connectivity index (χ4n) is 1.81. The lowest BCUT2D eigenvalue weighted by molar-refractivity contribution is -0.121. The van der Waals surface area contributed by atoms with E-state index in [0.717, 1.165) is 24.7 Å². The molecule has 1 amide bonds. The Morgan fingerprint density at radius 1 is 1.50 bits per heavy atom. The molecule has 6 nitrogen and oxygen atoms in total. The summed E-state index contributed by atoms with van der Waals surface area (Å²) in [6.07, 6.45) is 6.65. The molecule has 1 aromatic rings. The van der Waals surface area contributed by atoms with Gasteiger partial charge in [0.05, 0.1) is 6.26 Å². The van der Waals surface area contributed by atoms with Crippen molar-refractivity contribution >= 4 is 15.9 Å². The first kappa shape index (κ1) is 14.9. The Bertz CT molecular complexity index is 555. The Kier molecular flexibility index (Phi) is 4.72. The van der Waals surface area contributed by atoms with Gasteiger partial charge < -0.3 is 5.32 Å². The van der Waals surface area contributed by atoms with Crippen LogP contribution < -0.4 is 5.32 Å². The highest BCUT2D eigenvalue weighted by atomic mass is 32.2. The van der Waals surface area contributed by atoms with Gasteiger partial charge in [-0.2, -0.15) is 4.31 Å². The van der Waals surface area contributed by atoms with Crippen LogP contribution in [0.15, 0.2) is 24.5 Å². The smallest absolute Gasteiger partial charge is 0.221 e. The van der Waals surface area contributed by atoms with Gasteiger partial charge in [-0.15, -0.1) is 0 Å². The number of amides is 1. The first-order valence-corrected chi connectivity index (χ1v) is 8.43. The van der Waals surface area contributed by atoms with E-state index in [1.54, 1.807) is 18.5 Å². The van der Waals surface area contributed by atoms with E-state index in [2.05, 4.69) is 10.3 Å². The van der Waals surface area contributed by atoms with Crippen molar-refractivity contribution in [3.05, 3.63) is 30.1 Å². The summed E-state index contributed by atoms with van der Waals surface area (Å²) in [5.74, 6) is -0.0904. The normalized spacial score (nSPS) is 15.3. The van der Waals surface area contributed by atoms with Gasteiger partial charge >= 0.3 is 0 Å². The van der Waals surface area contributed by atoms with E-state index >= 15 is 0 Å². The number of carbonyl (C=O) groups is 1. The molecule has 1 aliphatic carbocycles. The molecule has 1 N–H and O–H groups in total. The molecule has 0 aliphatic heterocycles. The van der Waals surface area contributed by atoms with Gasteiger partial charge in [0.1, 0.15) is 0 Å². The molecule has 20 heavy (non-hydrogen) atoms. The minimum atomic E-state index is -3.35. The number of carbonyl (C=O) groups excluding carboxylic acids is 1. The van der Waals surface area contributed by atoms with Gasteiger partial charge in [-0.05, 0) is 24.5 Å². The quantitative estimate of drug-likeness (QED) is 0.795. The van der Waals surface area contributed by atoms with Crippen LogP contribution in [0.3, 0.4) is 0 Å². The minimum Gasteiger partial charge on any atom is -0.353 e. The van der Waals surface area contributed by atoms with Crippen molar-refractivity contribution in [2.75, 3.05) is 12.8 Å². The van der Waals surface area contributed by atoms with Crippen LogP contribution in [-0.4, -0.2) is 42.5 Å². The van der Waals surface area contributed by atoms with Crippen LogP contribution in [0.25, 0.3) is 0 Å². The topological polar surface area (TPSA) is 79.4 Å². The van der Waals surface area contributed by atoms with E-state index in [1.807, 2.05) is 6.07 Å². The summed E-state index contributed by atoms with van der Waals surface area (Å²) in [4.78, 5) is 15.6.